The van der Waals surface area contributed by atoms with E-state index in [2.05, 4.69) is 20.8 Å². The zero-order valence-corrected chi connectivity index (χ0v) is 16.1. The molecule has 0 N–H and O–H groups in total. The quantitative estimate of drug-likeness (QED) is 0.515. The van der Waals surface area contributed by atoms with Gasteiger partial charge in [0, 0.05) is 17.4 Å². The van der Waals surface area contributed by atoms with Gasteiger partial charge in [-0.1, -0.05) is 51.1 Å². The number of hydrogen-bond donors (Lipinski definition) is 0. The average molecular weight is 356 g/mol. The van der Waals surface area contributed by atoms with Crippen LogP contribution in [0, 0.1) is 5.41 Å². The molecule has 1 aliphatic heterocycles. The van der Waals surface area contributed by atoms with E-state index in [9.17, 15) is 4.79 Å². The molecule has 4 heteroatoms. The summed E-state index contributed by atoms with van der Waals surface area (Å²) in [6.07, 6.45) is 1.11. The van der Waals surface area contributed by atoms with Crippen molar-refractivity contribution in [2.24, 2.45) is 5.41 Å². The molecule has 0 radical (unpaired) electrons. The van der Waals surface area contributed by atoms with Crippen LogP contribution in [-0.2, 0) is 14.3 Å². The molecule has 140 valence electrons. The maximum atomic E-state index is 12.2. The van der Waals surface area contributed by atoms with Crippen molar-refractivity contribution in [3.8, 4) is 5.75 Å². The van der Waals surface area contributed by atoms with E-state index in [-0.39, 0.29) is 23.6 Å². The summed E-state index contributed by atoms with van der Waals surface area (Å²) >= 11 is 0. The van der Waals surface area contributed by atoms with Gasteiger partial charge < -0.3 is 14.2 Å². The van der Waals surface area contributed by atoms with E-state index in [0.29, 0.717) is 13.0 Å². The fourth-order valence-corrected chi connectivity index (χ4v) is 2.94. The smallest absolute Gasteiger partial charge is 0.306 e. The average Bonchev–Trinajstić information content (AvgIpc) is 3.41. The number of carbonyl (C=O) groups excluding carboxylic acids is 1. The molecule has 0 aliphatic carbocycles. The lowest BCUT2D eigenvalue weighted by atomic mass is 9.91. The van der Waals surface area contributed by atoms with Crippen LogP contribution in [0.25, 0.3) is 10.8 Å². The molecule has 0 bridgehead atoms. The Hall–Kier alpha value is -2.07. The van der Waals surface area contributed by atoms with Crippen LogP contribution < -0.4 is 4.74 Å². The third-order valence-electron chi connectivity index (χ3n) is 4.55. The molecular formula is C22H28O4. The second-order valence-corrected chi connectivity index (χ2v) is 8.16. The molecule has 0 spiro atoms. The van der Waals surface area contributed by atoms with Gasteiger partial charge in [-0.15, -0.1) is 0 Å². The molecule has 26 heavy (non-hydrogen) atoms. The van der Waals surface area contributed by atoms with Crippen molar-refractivity contribution in [2.45, 2.75) is 52.7 Å². The normalized spacial score (nSPS) is 17.8. The number of carbonyl (C=O) groups is 1. The first-order valence-electron chi connectivity index (χ1n) is 9.29. The molecule has 1 heterocycles. The number of hydrogen-bond acceptors (Lipinski definition) is 4. The Labute approximate surface area is 155 Å². The van der Waals surface area contributed by atoms with Crippen molar-refractivity contribution in [3.63, 3.8) is 0 Å². The fourth-order valence-electron chi connectivity index (χ4n) is 2.94. The SMILES string of the molecule is CC(OC(=O)CCC(C)(C)C)c1cccc2cccc(OCC3CO3)c12. The van der Waals surface area contributed by atoms with E-state index in [4.69, 9.17) is 14.2 Å². The zero-order chi connectivity index (χ0) is 18.7. The number of ether oxygens (including phenoxy) is 3. The van der Waals surface area contributed by atoms with Crippen molar-refractivity contribution < 1.29 is 19.0 Å². The molecule has 3 rings (SSSR count). The summed E-state index contributed by atoms with van der Waals surface area (Å²) in [6.45, 7) is 9.61. The highest BCUT2D eigenvalue weighted by atomic mass is 16.6. The van der Waals surface area contributed by atoms with E-state index >= 15 is 0 Å². The second kappa shape index (κ2) is 7.67. The van der Waals surface area contributed by atoms with Gasteiger partial charge >= 0.3 is 5.97 Å². The van der Waals surface area contributed by atoms with Crippen LogP contribution in [0.2, 0.25) is 0 Å². The van der Waals surface area contributed by atoms with Crippen molar-refractivity contribution in [1.82, 2.24) is 0 Å². The van der Waals surface area contributed by atoms with Crippen LogP contribution in [0.15, 0.2) is 36.4 Å². The third kappa shape index (κ3) is 4.98. The topological polar surface area (TPSA) is 48.1 Å². The molecular weight excluding hydrogens is 328 g/mol. The van der Waals surface area contributed by atoms with Crippen molar-refractivity contribution in [3.05, 3.63) is 42.0 Å². The second-order valence-electron chi connectivity index (χ2n) is 8.16. The highest BCUT2D eigenvalue weighted by Gasteiger charge is 2.24. The largest absolute Gasteiger partial charge is 0.490 e. The maximum Gasteiger partial charge on any atom is 0.306 e. The van der Waals surface area contributed by atoms with Gasteiger partial charge in [0.15, 0.2) is 0 Å². The van der Waals surface area contributed by atoms with E-state index in [1.807, 2.05) is 43.3 Å². The molecule has 0 aromatic heterocycles. The number of rotatable bonds is 7. The Bertz CT molecular complexity index is 766. The summed E-state index contributed by atoms with van der Waals surface area (Å²) in [5.74, 6) is 0.653. The Balaban J connectivity index is 1.78. The monoisotopic (exact) mass is 356 g/mol. The van der Waals surface area contributed by atoms with Gasteiger partial charge in [-0.3, -0.25) is 4.79 Å². The summed E-state index contributed by atoms with van der Waals surface area (Å²) in [6, 6.07) is 12.0. The Kier molecular flexibility index (Phi) is 5.52. The zero-order valence-electron chi connectivity index (χ0n) is 16.1. The molecule has 1 saturated heterocycles. The van der Waals surface area contributed by atoms with Crippen LogP contribution >= 0.6 is 0 Å². The van der Waals surface area contributed by atoms with Crippen molar-refractivity contribution >= 4 is 16.7 Å². The number of esters is 1. The van der Waals surface area contributed by atoms with Gasteiger partial charge in [0.2, 0.25) is 0 Å². The van der Waals surface area contributed by atoms with Crippen LogP contribution in [0.4, 0.5) is 0 Å². The summed E-state index contributed by atoms with van der Waals surface area (Å²) < 4.78 is 16.9. The van der Waals surface area contributed by atoms with Gasteiger partial charge in [0.05, 0.1) is 6.61 Å². The number of benzene rings is 2. The first kappa shape index (κ1) is 18.7. The Morgan fingerprint density at radius 3 is 2.58 bits per heavy atom. The molecule has 0 saturated carbocycles. The molecule has 1 aliphatic rings. The maximum absolute atomic E-state index is 12.2. The third-order valence-corrected chi connectivity index (χ3v) is 4.55. The van der Waals surface area contributed by atoms with Crippen molar-refractivity contribution in [1.29, 1.82) is 0 Å². The Morgan fingerprint density at radius 1 is 1.23 bits per heavy atom. The van der Waals surface area contributed by atoms with Gasteiger partial charge in [-0.25, -0.2) is 0 Å². The molecule has 2 atom stereocenters. The van der Waals surface area contributed by atoms with Crippen LogP contribution in [-0.4, -0.2) is 25.3 Å². The van der Waals surface area contributed by atoms with E-state index < -0.39 is 0 Å². The number of epoxide rings is 1. The van der Waals surface area contributed by atoms with Gasteiger partial charge in [-0.05, 0) is 30.2 Å². The predicted octanol–water partition coefficient (Wildman–Crippen LogP) is 5.05. The lowest BCUT2D eigenvalue weighted by Gasteiger charge is -2.20. The van der Waals surface area contributed by atoms with Crippen LogP contribution in [0.1, 0.15) is 52.2 Å². The van der Waals surface area contributed by atoms with Gasteiger partial charge in [0.25, 0.3) is 0 Å². The molecule has 1 fully saturated rings. The fraction of sp³-hybridized carbons (Fsp3) is 0.500. The van der Waals surface area contributed by atoms with Crippen molar-refractivity contribution in [2.75, 3.05) is 13.2 Å². The summed E-state index contributed by atoms with van der Waals surface area (Å²) in [4.78, 5) is 12.2. The van der Waals surface area contributed by atoms with Crippen LogP contribution in [0.5, 0.6) is 5.75 Å². The highest BCUT2D eigenvalue weighted by molar-refractivity contribution is 5.91. The lowest BCUT2D eigenvalue weighted by molar-refractivity contribution is -0.149. The van der Waals surface area contributed by atoms with Gasteiger partial charge in [-0.2, -0.15) is 0 Å². The minimum absolute atomic E-state index is 0.119. The predicted molar refractivity (Wildman–Crippen MR) is 102 cm³/mol. The Morgan fingerprint density at radius 2 is 1.92 bits per heavy atom. The highest BCUT2D eigenvalue weighted by Crippen LogP contribution is 2.34. The minimum atomic E-state index is -0.326. The minimum Gasteiger partial charge on any atom is -0.490 e. The first-order valence-corrected chi connectivity index (χ1v) is 9.29. The van der Waals surface area contributed by atoms with E-state index in [0.717, 1.165) is 35.1 Å². The summed E-state index contributed by atoms with van der Waals surface area (Å²) in [5.41, 5.74) is 1.09. The molecule has 2 unspecified atom stereocenters. The first-order chi connectivity index (χ1) is 12.3. The summed E-state index contributed by atoms with van der Waals surface area (Å²) in [7, 11) is 0. The molecule has 2 aromatic rings. The lowest BCUT2D eigenvalue weighted by Crippen LogP contribution is -2.13. The standard InChI is InChI=1S/C22H28O4/c1-15(26-20(23)11-12-22(2,3)4)18-9-5-7-16-8-6-10-19(21(16)18)25-14-17-13-24-17/h5-10,15,17H,11-14H2,1-4H3. The number of fused-ring (bicyclic) bond motifs is 1. The molecule has 0 amide bonds. The molecule has 4 nitrogen and oxygen atoms in total. The van der Waals surface area contributed by atoms with Crippen LogP contribution in [0.3, 0.4) is 0 Å². The van der Waals surface area contributed by atoms with Gasteiger partial charge in [0.1, 0.15) is 24.6 Å². The molecule has 2 aromatic carbocycles. The van der Waals surface area contributed by atoms with E-state index in [1.54, 1.807) is 0 Å². The van der Waals surface area contributed by atoms with E-state index in [1.165, 1.54) is 0 Å². The summed E-state index contributed by atoms with van der Waals surface area (Å²) in [5, 5.41) is 2.08.